The van der Waals surface area contributed by atoms with Gasteiger partial charge in [-0.05, 0) is 53.3 Å². The van der Waals surface area contributed by atoms with Crippen LogP contribution in [-0.2, 0) is 10.2 Å². The highest BCUT2D eigenvalue weighted by Gasteiger charge is 2.30. The summed E-state index contributed by atoms with van der Waals surface area (Å²) in [6.07, 6.45) is 2.10. The van der Waals surface area contributed by atoms with Crippen molar-refractivity contribution >= 4 is 17.7 Å². The first-order valence-corrected chi connectivity index (χ1v) is 10.7. The first-order valence-electron chi connectivity index (χ1n) is 9.86. The average Bonchev–Trinajstić information content (AvgIpc) is 3.40. The molecule has 1 N–H and O–H groups in total. The lowest BCUT2D eigenvalue weighted by atomic mass is 9.87. The Morgan fingerprint density at radius 1 is 1.07 bits per heavy atom. The quantitative estimate of drug-likeness (QED) is 0.573. The Morgan fingerprint density at radius 3 is 2.38 bits per heavy atom. The molecule has 1 heterocycles. The van der Waals surface area contributed by atoms with E-state index in [1.165, 1.54) is 17.3 Å². The molecule has 0 spiro atoms. The maximum atomic E-state index is 12.8. The highest BCUT2D eigenvalue weighted by atomic mass is 32.2. The summed E-state index contributed by atoms with van der Waals surface area (Å²) in [4.78, 5) is 12.8. The van der Waals surface area contributed by atoms with Gasteiger partial charge in [0.25, 0.3) is 5.22 Å². The standard InChI is InChI=1S/C23H25N3O2S/c1-23(2,3)17-11-9-16(10-12-17)21-25-26-22(28-21)29-19(15-7-5-4-6-8-15)20(27)24-18-13-14-18/h4-12,18-19H,13-14H2,1-3H3,(H,24,27)/t19-/m1/s1. The van der Waals surface area contributed by atoms with Crippen molar-refractivity contribution in [2.75, 3.05) is 0 Å². The van der Waals surface area contributed by atoms with Crippen molar-refractivity contribution in [1.82, 2.24) is 15.5 Å². The third-order valence-corrected chi connectivity index (χ3v) is 5.98. The van der Waals surface area contributed by atoms with E-state index in [0.29, 0.717) is 17.2 Å². The molecule has 2 aromatic carbocycles. The molecule has 4 rings (SSSR count). The highest BCUT2D eigenvalue weighted by Crippen LogP contribution is 2.37. The van der Waals surface area contributed by atoms with Crippen molar-refractivity contribution in [1.29, 1.82) is 0 Å². The highest BCUT2D eigenvalue weighted by molar-refractivity contribution is 8.00. The monoisotopic (exact) mass is 407 g/mol. The third-order valence-electron chi connectivity index (χ3n) is 4.89. The fourth-order valence-electron chi connectivity index (χ4n) is 2.99. The van der Waals surface area contributed by atoms with Gasteiger partial charge in [-0.25, -0.2) is 0 Å². The Morgan fingerprint density at radius 2 is 1.76 bits per heavy atom. The summed E-state index contributed by atoms with van der Waals surface area (Å²) < 4.78 is 5.88. The first kappa shape index (κ1) is 19.7. The predicted molar refractivity (Wildman–Crippen MR) is 115 cm³/mol. The molecule has 0 aliphatic heterocycles. The molecule has 1 amide bonds. The van der Waals surface area contributed by atoms with Crippen LogP contribution in [0.3, 0.4) is 0 Å². The topological polar surface area (TPSA) is 68.0 Å². The van der Waals surface area contributed by atoms with E-state index in [-0.39, 0.29) is 11.3 Å². The van der Waals surface area contributed by atoms with Gasteiger partial charge in [-0.3, -0.25) is 4.79 Å². The van der Waals surface area contributed by atoms with Crippen LogP contribution in [0.25, 0.3) is 11.5 Å². The number of aromatic nitrogens is 2. The fourth-order valence-corrected chi connectivity index (χ4v) is 3.88. The second kappa shape index (κ2) is 8.03. The molecule has 1 aromatic heterocycles. The predicted octanol–water partition coefficient (Wildman–Crippen LogP) is 5.15. The number of nitrogens with zero attached hydrogens (tertiary/aromatic N) is 2. The molecule has 3 aromatic rings. The van der Waals surface area contributed by atoms with E-state index >= 15 is 0 Å². The number of carbonyl (C=O) groups excluding carboxylic acids is 1. The molecule has 1 saturated carbocycles. The van der Waals surface area contributed by atoms with Crippen molar-refractivity contribution in [3.05, 3.63) is 65.7 Å². The maximum absolute atomic E-state index is 12.8. The molecule has 150 valence electrons. The summed E-state index contributed by atoms with van der Waals surface area (Å²) in [5.74, 6) is 0.445. The SMILES string of the molecule is CC(C)(C)c1ccc(-c2nnc(S[C@@H](C(=O)NC3CC3)c3ccccc3)o2)cc1. The molecule has 29 heavy (non-hydrogen) atoms. The second-order valence-electron chi connectivity index (χ2n) is 8.39. The Labute approximate surface area is 175 Å². The van der Waals surface area contributed by atoms with Crippen LogP contribution in [0.1, 0.15) is 50.0 Å². The number of rotatable bonds is 6. The number of hydrogen-bond acceptors (Lipinski definition) is 5. The average molecular weight is 408 g/mol. The molecule has 0 unspecified atom stereocenters. The smallest absolute Gasteiger partial charge is 0.277 e. The van der Waals surface area contributed by atoms with E-state index in [4.69, 9.17) is 4.42 Å². The van der Waals surface area contributed by atoms with Crippen molar-refractivity contribution in [2.45, 2.75) is 55.5 Å². The molecule has 5 nitrogen and oxygen atoms in total. The lowest BCUT2D eigenvalue weighted by molar-refractivity contribution is -0.120. The summed E-state index contributed by atoms with van der Waals surface area (Å²) in [5.41, 5.74) is 3.13. The number of amides is 1. The third kappa shape index (κ3) is 4.88. The largest absolute Gasteiger partial charge is 0.411 e. The summed E-state index contributed by atoms with van der Waals surface area (Å²) in [7, 11) is 0. The van der Waals surface area contributed by atoms with Gasteiger partial charge >= 0.3 is 0 Å². The molecule has 0 radical (unpaired) electrons. The Bertz CT molecular complexity index is 973. The van der Waals surface area contributed by atoms with Crippen LogP contribution < -0.4 is 5.32 Å². The van der Waals surface area contributed by atoms with Crippen LogP contribution in [0.5, 0.6) is 0 Å². The normalized spacial score (nSPS) is 15.1. The van der Waals surface area contributed by atoms with Gasteiger partial charge in [-0.1, -0.05) is 63.2 Å². The lowest BCUT2D eigenvalue weighted by Crippen LogP contribution is -2.29. The Hall–Kier alpha value is -2.60. The zero-order chi connectivity index (χ0) is 20.4. The van der Waals surface area contributed by atoms with Gasteiger partial charge in [0.2, 0.25) is 11.8 Å². The van der Waals surface area contributed by atoms with Crippen molar-refractivity contribution in [3.63, 3.8) is 0 Å². The molecule has 1 aliphatic rings. The van der Waals surface area contributed by atoms with Crippen LogP contribution in [0.4, 0.5) is 0 Å². The van der Waals surface area contributed by atoms with Crippen LogP contribution in [-0.4, -0.2) is 22.1 Å². The summed E-state index contributed by atoms with van der Waals surface area (Å²) in [5, 5.41) is 11.4. The van der Waals surface area contributed by atoms with E-state index in [1.54, 1.807) is 0 Å². The van der Waals surface area contributed by atoms with Gasteiger partial charge in [0, 0.05) is 11.6 Å². The number of nitrogens with one attached hydrogen (secondary N) is 1. The minimum Gasteiger partial charge on any atom is -0.411 e. The van der Waals surface area contributed by atoms with Crippen molar-refractivity contribution < 1.29 is 9.21 Å². The van der Waals surface area contributed by atoms with Gasteiger partial charge in [-0.2, -0.15) is 0 Å². The van der Waals surface area contributed by atoms with Gasteiger partial charge in [0.05, 0.1) is 0 Å². The second-order valence-corrected chi connectivity index (χ2v) is 9.45. The molecule has 1 atom stereocenters. The summed E-state index contributed by atoms with van der Waals surface area (Å²) in [6.45, 7) is 6.54. The van der Waals surface area contributed by atoms with Crippen LogP contribution in [0.15, 0.2) is 64.2 Å². The zero-order valence-electron chi connectivity index (χ0n) is 16.9. The van der Waals surface area contributed by atoms with Crippen LogP contribution in [0.2, 0.25) is 0 Å². The minimum absolute atomic E-state index is 0.0158. The van der Waals surface area contributed by atoms with E-state index in [2.05, 4.69) is 48.4 Å². The van der Waals surface area contributed by atoms with Gasteiger partial charge in [0.15, 0.2) is 0 Å². The molecular formula is C23H25N3O2S. The van der Waals surface area contributed by atoms with Gasteiger partial charge in [-0.15, -0.1) is 10.2 Å². The number of hydrogen-bond donors (Lipinski definition) is 1. The number of thioether (sulfide) groups is 1. The Balaban J connectivity index is 1.53. The number of benzene rings is 2. The van der Waals surface area contributed by atoms with Crippen LogP contribution in [0, 0.1) is 0 Å². The Kier molecular flexibility index (Phi) is 5.46. The molecule has 6 heteroatoms. The van der Waals surface area contributed by atoms with Crippen molar-refractivity contribution in [3.8, 4) is 11.5 Å². The van der Waals surface area contributed by atoms with E-state index in [0.717, 1.165) is 24.0 Å². The van der Waals surface area contributed by atoms with E-state index in [1.807, 2.05) is 42.5 Å². The summed E-state index contributed by atoms with van der Waals surface area (Å²) in [6, 6.07) is 18.2. The molecule has 0 saturated heterocycles. The molecule has 1 aliphatic carbocycles. The van der Waals surface area contributed by atoms with Crippen molar-refractivity contribution in [2.24, 2.45) is 0 Å². The fraction of sp³-hybridized carbons (Fsp3) is 0.348. The van der Waals surface area contributed by atoms with Crippen LogP contribution >= 0.6 is 11.8 Å². The minimum atomic E-state index is -0.423. The number of carbonyl (C=O) groups is 1. The summed E-state index contributed by atoms with van der Waals surface area (Å²) >= 11 is 1.29. The lowest BCUT2D eigenvalue weighted by Gasteiger charge is -2.18. The molecular weight excluding hydrogens is 382 g/mol. The zero-order valence-corrected chi connectivity index (χ0v) is 17.7. The van der Waals surface area contributed by atoms with Gasteiger partial charge < -0.3 is 9.73 Å². The van der Waals surface area contributed by atoms with Gasteiger partial charge in [0.1, 0.15) is 5.25 Å². The molecule has 0 bridgehead atoms. The van der Waals surface area contributed by atoms with E-state index in [9.17, 15) is 4.79 Å². The first-order chi connectivity index (χ1) is 13.9. The maximum Gasteiger partial charge on any atom is 0.277 e. The molecule has 1 fully saturated rings. The van der Waals surface area contributed by atoms with E-state index < -0.39 is 5.25 Å².